The molecule has 0 amide bonds. The van der Waals surface area contributed by atoms with Gasteiger partial charge in [-0.25, -0.2) is 0 Å². The van der Waals surface area contributed by atoms with Crippen molar-refractivity contribution in [2.24, 2.45) is 0 Å². The lowest BCUT2D eigenvalue weighted by Gasteiger charge is -2.28. The van der Waals surface area contributed by atoms with Gasteiger partial charge in [-0.1, -0.05) is 37.6 Å². The molecule has 0 aliphatic carbocycles. The van der Waals surface area contributed by atoms with Crippen molar-refractivity contribution in [3.05, 3.63) is 34.9 Å². The predicted molar refractivity (Wildman–Crippen MR) is 67.3 cm³/mol. The van der Waals surface area contributed by atoms with Gasteiger partial charge in [0.15, 0.2) is 0 Å². The largest absolute Gasteiger partial charge is 0.307 e. The van der Waals surface area contributed by atoms with Crippen LogP contribution < -0.4 is 5.32 Å². The van der Waals surface area contributed by atoms with Crippen LogP contribution in [0.5, 0.6) is 0 Å². The number of nitrogens with one attached hydrogen (secondary N) is 1. The summed E-state index contributed by atoms with van der Waals surface area (Å²) in [5, 5.41) is 4.39. The Bertz CT molecular complexity index is 305. The van der Waals surface area contributed by atoms with E-state index in [1.807, 2.05) is 18.2 Å². The van der Waals surface area contributed by atoms with E-state index >= 15 is 0 Å². The highest BCUT2D eigenvalue weighted by atomic mass is 35.5. The lowest BCUT2D eigenvalue weighted by atomic mass is 9.95. The normalized spacial score (nSPS) is 11.7. The third kappa shape index (κ3) is 3.84. The zero-order chi connectivity index (χ0) is 11.3. The molecule has 1 aromatic rings. The van der Waals surface area contributed by atoms with Crippen molar-refractivity contribution < 1.29 is 0 Å². The number of benzene rings is 1. The Balaban J connectivity index is 2.56. The SMILES string of the molecule is CCC(C)(CC)NCc1cccc(Cl)c1. The summed E-state index contributed by atoms with van der Waals surface area (Å²) in [6.07, 6.45) is 2.29. The first kappa shape index (κ1) is 12.5. The maximum absolute atomic E-state index is 5.93. The third-order valence-corrected chi connectivity index (χ3v) is 3.40. The minimum Gasteiger partial charge on any atom is -0.307 e. The van der Waals surface area contributed by atoms with E-state index in [9.17, 15) is 0 Å². The second-order valence-electron chi connectivity index (χ2n) is 4.25. The zero-order valence-corrected chi connectivity index (χ0v) is 10.6. The number of rotatable bonds is 5. The molecule has 0 aromatic heterocycles. The monoisotopic (exact) mass is 225 g/mol. The highest BCUT2D eigenvalue weighted by molar-refractivity contribution is 6.30. The van der Waals surface area contributed by atoms with Crippen molar-refractivity contribution in [1.82, 2.24) is 5.32 Å². The molecule has 0 unspecified atom stereocenters. The molecule has 0 aliphatic heterocycles. The fraction of sp³-hybridized carbons (Fsp3) is 0.538. The van der Waals surface area contributed by atoms with Crippen molar-refractivity contribution in [3.8, 4) is 0 Å². The van der Waals surface area contributed by atoms with Gasteiger partial charge in [-0.3, -0.25) is 0 Å². The van der Waals surface area contributed by atoms with Crippen LogP contribution >= 0.6 is 11.6 Å². The summed E-state index contributed by atoms with van der Waals surface area (Å²) in [6.45, 7) is 7.58. The quantitative estimate of drug-likeness (QED) is 0.799. The van der Waals surface area contributed by atoms with Gasteiger partial charge in [-0.2, -0.15) is 0 Å². The summed E-state index contributed by atoms with van der Waals surface area (Å²) in [4.78, 5) is 0. The second-order valence-corrected chi connectivity index (χ2v) is 4.69. The van der Waals surface area contributed by atoms with Gasteiger partial charge in [-0.15, -0.1) is 0 Å². The lowest BCUT2D eigenvalue weighted by Crippen LogP contribution is -2.40. The van der Waals surface area contributed by atoms with Crippen LogP contribution in [0.1, 0.15) is 39.2 Å². The highest BCUT2D eigenvalue weighted by Gasteiger charge is 2.17. The Morgan fingerprint density at radius 2 is 1.93 bits per heavy atom. The molecular weight excluding hydrogens is 206 g/mol. The van der Waals surface area contributed by atoms with Gasteiger partial charge in [0.25, 0.3) is 0 Å². The molecule has 15 heavy (non-hydrogen) atoms. The highest BCUT2D eigenvalue weighted by Crippen LogP contribution is 2.16. The molecule has 1 rings (SSSR count). The molecule has 2 heteroatoms. The van der Waals surface area contributed by atoms with Gasteiger partial charge in [0.2, 0.25) is 0 Å². The predicted octanol–water partition coefficient (Wildman–Crippen LogP) is 4.01. The van der Waals surface area contributed by atoms with Crippen molar-refractivity contribution in [3.63, 3.8) is 0 Å². The summed E-state index contributed by atoms with van der Waals surface area (Å²) >= 11 is 5.93. The number of halogens is 1. The number of hydrogen-bond donors (Lipinski definition) is 1. The Labute approximate surface area is 97.8 Å². The zero-order valence-electron chi connectivity index (χ0n) is 9.81. The van der Waals surface area contributed by atoms with Crippen molar-refractivity contribution in [2.75, 3.05) is 0 Å². The Hall–Kier alpha value is -0.530. The van der Waals surface area contributed by atoms with E-state index in [0.717, 1.165) is 24.4 Å². The first-order valence-electron chi connectivity index (χ1n) is 5.59. The molecule has 0 heterocycles. The van der Waals surface area contributed by atoms with Crippen LogP contribution in [0.2, 0.25) is 5.02 Å². The van der Waals surface area contributed by atoms with Gasteiger partial charge in [0, 0.05) is 17.1 Å². The molecule has 0 bridgehead atoms. The standard InChI is InChI=1S/C13H20ClN/c1-4-13(3,5-2)15-10-11-7-6-8-12(14)9-11/h6-9,15H,4-5,10H2,1-3H3. The van der Waals surface area contributed by atoms with Crippen molar-refractivity contribution in [2.45, 2.75) is 45.7 Å². The molecule has 1 aromatic carbocycles. The molecule has 0 aliphatic rings. The van der Waals surface area contributed by atoms with Gasteiger partial charge in [0.05, 0.1) is 0 Å². The average molecular weight is 226 g/mol. The maximum Gasteiger partial charge on any atom is 0.0409 e. The van der Waals surface area contributed by atoms with E-state index < -0.39 is 0 Å². The topological polar surface area (TPSA) is 12.0 Å². The van der Waals surface area contributed by atoms with E-state index in [2.05, 4.69) is 32.2 Å². The van der Waals surface area contributed by atoms with Crippen LogP contribution in [-0.2, 0) is 6.54 Å². The fourth-order valence-corrected chi connectivity index (χ4v) is 1.68. The Morgan fingerprint density at radius 3 is 2.47 bits per heavy atom. The molecule has 0 fully saturated rings. The first-order chi connectivity index (χ1) is 7.09. The van der Waals surface area contributed by atoms with Crippen LogP contribution in [0, 0.1) is 0 Å². The van der Waals surface area contributed by atoms with Crippen LogP contribution in [0.3, 0.4) is 0 Å². The molecular formula is C13H20ClN. The Kier molecular flexibility index (Phi) is 4.62. The van der Waals surface area contributed by atoms with E-state index in [4.69, 9.17) is 11.6 Å². The van der Waals surface area contributed by atoms with Crippen LogP contribution in [0.15, 0.2) is 24.3 Å². The summed E-state index contributed by atoms with van der Waals surface area (Å²) in [5.74, 6) is 0. The molecule has 0 saturated carbocycles. The van der Waals surface area contributed by atoms with Gasteiger partial charge >= 0.3 is 0 Å². The summed E-state index contributed by atoms with van der Waals surface area (Å²) in [5.41, 5.74) is 1.48. The first-order valence-corrected chi connectivity index (χ1v) is 5.97. The molecule has 0 saturated heterocycles. The molecule has 1 N–H and O–H groups in total. The average Bonchev–Trinajstić information content (AvgIpc) is 2.26. The molecule has 0 radical (unpaired) electrons. The van der Waals surface area contributed by atoms with Crippen LogP contribution in [-0.4, -0.2) is 5.54 Å². The minimum absolute atomic E-state index is 0.238. The summed E-state index contributed by atoms with van der Waals surface area (Å²) in [6, 6.07) is 8.02. The fourth-order valence-electron chi connectivity index (χ4n) is 1.46. The van der Waals surface area contributed by atoms with E-state index in [0.29, 0.717) is 0 Å². The van der Waals surface area contributed by atoms with Crippen molar-refractivity contribution >= 4 is 11.6 Å². The number of hydrogen-bond acceptors (Lipinski definition) is 1. The van der Waals surface area contributed by atoms with Gasteiger partial charge in [-0.05, 0) is 37.5 Å². The van der Waals surface area contributed by atoms with E-state index in [-0.39, 0.29) is 5.54 Å². The molecule has 0 spiro atoms. The Morgan fingerprint density at radius 1 is 1.27 bits per heavy atom. The van der Waals surface area contributed by atoms with Gasteiger partial charge < -0.3 is 5.32 Å². The van der Waals surface area contributed by atoms with Crippen LogP contribution in [0.4, 0.5) is 0 Å². The lowest BCUT2D eigenvalue weighted by molar-refractivity contribution is 0.329. The van der Waals surface area contributed by atoms with Crippen LogP contribution in [0.25, 0.3) is 0 Å². The molecule has 0 atom stereocenters. The second kappa shape index (κ2) is 5.53. The van der Waals surface area contributed by atoms with E-state index in [1.165, 1.54) is 5.56 Å². The third-order valence-electron chi connectivity index (χ3n) is 3.17. The smallest absolute Gasteiger partial charge is 0.0409 e. The van der Waals surface area contributed by atoms with Crippen molar-refractivity contribution in [1.29, 1.82) is 0 Å². The summed E-state index contributed by atoms with van der Waals surface area (Å²) in [7, 11) is 0. The van der Waals surface area contributed by atoms with Gasteiger partial charge in [0.1, 0.15) is 0 Å². The maximum atomic E-state index is 5.93. The molecule has 1 nitrogen and oxygen atoms in total. The summed E-state index contributed by atoms with van der Waals surface area (Å²) < 4.78 is 0. The minimum atomic E-state index is 0.238. The van der Waals surface area contributed by atoms with E-state index in [1.54, 1.807) is 0 Å². The molecule has 84 valence electrons.